The van der Waals surface area contributed by atoms with Crippen LogP contribution in [0.3, 0.4) is 0 Å². The average molecular weight is 143 g/mol. The Balaban J connectivity index is 2.92. The molecule has 0 fully saturated rings. The highest BCUT2D eigenvalue weighted by Gasteiger charge is 1.94. The average Bonchev–Trinajstić information content (AvgIpc) is 1.87. The summed E-state index contributed by atoms with van der Waals surface area (Å²) >= 11 is 0. The van der Waals surface area contributed by atoms with Crippen molar-refractivity contribution in [2.75, 3.05) is 13.2 Å². The second kappa shape index (κ2) is 6.05. The number of carboxylic acids is 1. The molecule has 0 saturated carbocycles. The quantitative estimate of drug-likeness (QED) is 0.565. The van der Waals surface area contributed by atoms with Gasteiger partial charge in [0, 0.05) is 0 Å². The van der Waals surface area contributed by atoms with Crippen LogP contribution in [0.2, 0.25) is 0 Å². The molecule has 0 spiro atoms. The lowest BCUT2D eigenvalue weighted by atomic mass is 10.4. The van der Waals surface area contributed by atoms with Gasteiger partial charge in [-0.3, -0.25) is 4.79 Å². The third kappa shape index (κ3) is 6.92. The van der Waals surface area contributed by atoms with Crippen molar-refractivity contribution < 1.29 is 14.6 Å². The molecule has 0 atom stereocenters. The minimum atomic E-state index is -0.878. The highest BCUT2D eigenvalue weighted by Crippen LogP contribution is 1.84. The fraction of sp³-hybridized carbons (Fsp3) is 0.667. The summed E-state index contributed by atoms with van der Waals surface area (Å²) in [6.07, 6.45) is 0.324. The van der Waals surface area contributed by atoms with Crippen LogP contribution in [0.15, 0.2) is 0 Å². The van der Waals surface area contributed by atoms with E-state index in [9.17, 15) is 4.79 Å². The molecule has 0 aliphatic carbocycles. The molecule has 0 aliphatic heterocycles. The predicted molar refractivity (Wildman–Crippen MR) is 33.3 cm³/mol. The van der Waals surface area contributed by atoms with Gasteiger partial charge >= 0.3 is 5.97 Å². The smallest absolute Gasteiger partial charge is 0.305 e. The van der Waals surface area contributed by atoms with Crippen molar-refractivity contribution in [3.05, 3.63) is 0 Å². The maximum atomic E-state index is 9.89. The normalized spacial score (nSPS) is 8.70. The Kier molecular flexibility index (Phi) is 5.39. The molecule has 0 aromatic carbocycles. The van der Waals surface area contributed by atoms with Crippen molar-refractivity contribution >= 4 is 5.97 Å². The third-order valence-electron chi connectivity index (χ3n) is 0.818. The molecule has 0 aromatic rings. The number of rotatable bonds is 5. The van der Waals surface area contributed by atoms with Crippen molar-refractivity contribution in [3.63, 3.8) is 0 Å². The van der Waals surface area contributed by atoms with Gasteiger partial charge in [-0.2, -0.15) is 5.26 Å². The number of aliphatic carboxylic acids is 1. The van der Waals surface area contributed by atoms with Crippen molar-refractivity contribution in [1.82, 2.24) is 0 Å². The van der Waals surface area contributed by atoms with Crippen LogP contribution in [0.4, 0.5) is 0 Å². The molecule has 0 heterocycles. The number of carboxylic acid groups (broad SMARTS) is 1. The lowest BCUT2D eigenvalue weighted by Crippen LogP contribution is -2.03. The standard InChI is InChI=1S/C6H9NO3/c7-3-1-4-10-5-2-6(8)9/h1-2,4-5H2,(H,8,9). The van der Waals surface area contributed by atoms with E-state index >= 15 is 0 Å². The van der Waals surface area contributed by atoms with Crippen molar-refractivity contribution in [1.29, 1.82) is 5.26 Å². The summed E-state index contributed by atoms with van der Waals surface area (Å²) in [5, 5.41) is 16.2. The Morgan fingerprint density at radius 3 is 2.80 bits per heavy atom. The van der Waals surface area contributed by atoms with Crippen LogP contribution in [-0.2, 0) is 9.53 Å². The summed E-state index contributed by atoms with van der Waals surface area (Å²) in [6.45, 7) is 0.515. The minimum Gasteiger partial charge on any atom is -0.481 e. The van der Waals surface area contributed by atoms with Gasteiger partial charge in [0.2, 0.25) is 0 Å². The van der Waals surface area contributed by atoms with E-state index in [-0.39, 0.29) is 13.0 Å². The van der Waals surface area contributed by atoms with Crippen molar-refractivity contribution in [2.45, 2.75) is 12.8 Å². The van der Waals surface area contributed by atoms with Gasteiger partial charge in [0.15, 0.2) is 0 Å². The zero-order valence-electron chi connectivity index (χ0n) is 5.54. The van der Waals surface area contributed by atoms with Crippen LogP contribution in [0.25, 0.3) is 0 Å². The van der Waals surface area contributed by atoms with Gasteiger partial charge in [-0.25, -0.2) is 0 Å². The Morgan fingerprint density at radius 1 is 1.60 bits per heavy atom. The molecular weight excluding hydrogens is 134 g/mol. The fourth-order valence-corrected chi connectivity index (χ4v) is 0.379. The summed E-state index contributed by atoms with van der Waals surface area (Å²) in [5.74, 6) is -0.878. The van der Waals surface area contributed by atoms with Crippen LogP contribution in [-0.4, -0.2) is 24.3 Å². The number of hydrogen-bond donors (Lipinski definition) is 1. The number of hydrogen-bond acceptors (Lipinski definition) is 3. The van der Waals surface area contributed by atoms with E-state index in [1.165, 1.54) is 0 Å². The molecule has 0 aromatic heterocycles. The topological polar surface area (TPSA) is 70.3 Å². The van der Waals surface area contributed by atoms with E-state index in [1.807, 2.05) is 6.07 Å². The minimum absolute atomic E-state index is 0.00539. The largest absolute Gasteiger partial charge is 0.481 e. The van der Waals surface area contributed by atoms with E-state index in [0.29, 0.717) is 13.0 Å². The van der Waals surface area contributed by atoms with Crippen molar-refractivity contribution in [3.8, 4) is 6.07 Å². The second-order valence-electron chi connectivity index (χ2n) is 1.66. The molecule has 0 bridgehead atoms. The molecule has 0 saturated heterocycles. The fourth-order valence-electron chi connectivity index (χ4n) is 0.379. The molecule has 0 amide bonds. The van der Waals surface area contributed by atoms with E-state index < -0.39 is 5.97 Å². The molecule has 10 heavy (non-hydrogen) atoms. The van der Waals surface area contributed by atoms with Gasteiger partial charge in [-0.1, -0.05) is 0 Å². The van der Waals surface area contributed by atoms with Crippen LogP contribution in [0, 0.1) is 11.3 Å². The van der Waals surface area contributed by atoms with Gasteiger partial charge in [-0.15, -0.1) is 0 Å². The van der Waals surface area contributed by atoms with Crippen LogP contribution in [0.1, 0.15) is 12.8 Å². The molecule has 0 aliphatic rings. The number of nitriles is 1. The van der Waals surface area contributed by atoms with E-state index in [2.05, 4.69) is 0 Å². The first kappa shape index (κ1) is 8.92. The van der Waals surface area contributed by atoms with Crippen LogP contribution in [0.5, 0.6) is 0 Å². The van der Waals surface area contributed by atoms with Crippen LogP contribution < -0.4 is 0 Å². The van der Waals surface area contributed by atoms with Crippen LogP contribution >= 0.6 is 0 Å². The second-order valence-corrected chi connectivity index (χ2v) is 1.66. The Morgan fingerprint density at radius 2 is 2.30 bits per heavy atom. The zero-order valence-corrected chi connectivity index (χ0v) is 5.54. The molecular formula is C6H9NO3. The van der Waals surface area contributed by atoms with Gasteiger partial charge < -0.3 is 9.84 Å². The van der Waals surface area contributed by atoms with E-state index in [0.717, 1.165) is 0 Å². The summed E-state index contributed by atoms with van der Waals surface area (Å²) in [5.41, 5.74) is 0. The molecule has 0 unspecified atom stereocenters. The highest BCUT2D eigenvalue weighted by atomic mass is 16.5. The highest BCUT2D eigenvalue weighted by molar-refractivity contribution is 5.66. The molecule has 0 radical (unpaired) electrons. The molecule has 56 valence electrons. The van der Waals surface area contributed by atoms with Gasteiger partial charge in [0.05, 0.1) is 32.1 Å². The molecule has 0 rings (SSSR count). The Bertz CT molecular complexity index is 138. The predicted octanol–water partition coefficient (Wildman–Crippen LogP) is 0.391. The Hall–Kier alpha value is -1.08. The maximum Gasteiger partial charge on any atom is 0.305 e. The first-order valence-electron chi connectivity index (χ1n) is 2.94. The van der Waals surface area contributed by atoms with Gasteiger partial charge in [-0.05, 0) is 0 Å². The zero-order chi connectivity index (χ0) is 7.82. The lowest BCUT2D eigenvalue weighted by Gasteiger charge is -1.95. The Labute approximate surface area is 59.0 Å². The number of ether oxygens (including phenoxy) is 1. The number of carbonyl (C=O) groups is 1. The number of nitrogens with zero attached hydrogens (tertiary/aromatic N) is 1. The SMILES string of the molecule is N#CCCOCCC(=O)O. The van der Waals surface area contributed by atoms with E-state index in [1.54, 1.807) is 0 Å². The van der Waals surface area contributed by atoms with Gasteiger partial charge in [0.1, 0.15) is 0 Å². The molecule has 4 nitrogen and oxygen atoms in total. The first-order chi connectivity index (χ1) is 4.77. The third-order valence-corrected chi connectivity index (χ3v) is 0.818. The lowest BCUT2D eigenvalue weighted by molar-refractivity contribution is -0.138. The summed E-state index contributed by atoms with van der Waals surface area (Å²) < 4.78 is 4.78. The molecule has 4 heteroatoms. The maximum absolute atomic E-state index is 9.89. The monoisotopic (exact) mass is 143 g/mol. The first-order valence-corrected chi connectivity index (χ1v) is 2.94. The van der Waals surface area contributed by atoms with Crippen molar-refractivity contribution in [2.24, 2.45) is 0 Å². The summed E-state index contributed by atoms with van der Waals surface area (Å²) in [4.78, 5) is 9.89. The molecule has 1 N–H and O–H groups in total. The summed E-state index contributed by atoms with van der Waals surface area (Å²) in [6, 6.07) is 1.88. The van der Waals surface area contributed by atoms with Gasteiger partial charge in [0.25, 0.3) is 0 Å². The summed E-state index contributed by atoms with van der Waals surface area (Å²) in [7, 11) is 0. The van der Waals surface area contributed by atoms with E-state index in [4.69, 9.17) is 15.1 Å².